The summed E-state index contributed by atoms with van der Waals surface area (Å²) in [6.07, 6.45) is 17.1. The average molecular weight is 577 g/mol. The van der Waals surface area contributed by atoms with Gasteiger partial charge in [-0.2, -0.15) is 0 Å². The van der Waals surface area contributed by atoms with E-state index in [2.05, 4.69) is 104 Å². The lowest BCUT2D eigenvalue weighted by Crippen LogP contribution is -2.02. The summed E-state index contributed by atoms with van der Waals surface area (Å²) < 4.78 is 0. The SMILES string of the molecule is CC1=Cc2c(cc3c(c2-c2cc(C)c(C)cc2C)CCC3)C1.Cc1cc(C)c(-c2c3c(c(C)c4c2CCC4)CC=C3)cc1C. The molecule has 0 amide bonds. The Balaban J connectivity index is 0.000000142. The van der Waals surface area contributed by atoms with Crippen LogP contribution in [0.4, 0.5) is 0 Å². The van der Waals surface area contributed by atoms with Crippen molar-refractivity contribution >= 4 is 12.2 Å². The molecule has 4 aromatic carbocycles. The highest BCUT2D eigenvalue weighted by Gasteiger charge is 2.27. The van der Waals surface area contributed by atoms with Crippen LogP contribution in [0.2, 0.25) is 0 Å². The van der Waals surface area contributed by atoms with E-state index in [1.807, 2.05) is 0 Å². The van der Waals surface area contributed by atoms with Crippen LogP contribution in [0.1, 0.15) is 103 Å². The van der Waals surface area contributed by atoms with Crippen LogP contribution in [-0.2, 0) is 38.5 Å². The number of aryl methyl sites for hydroxylation is 7. The summed E-state index contributed by atoms with van der Waals surface area (Å²) in [5.41, 5.74) is 30.2. The molecule has 0 N–H and O–H groups in total. The van der Waals surface area contributed by atoms with E-state index in [1.165, 1.54) is 99.7 Å². The highest BCUT2D eigenvalue weighted by atomic mass is 14.3. The normalized spacial score (nSPS) is 15.5. The van der Waals surface area contributed by atoms with Gasteiger partial charge < -0.3 is 0 Å². The smallest absolute Gasteiger partial charge is 0.00603 e. The molecule has 0 aliphatic heterocycles. The van der Waals surface area contributed by atoms with E-state index < -0.39 is 0 Å². The van der Waals surface area contributed by atoms with Crippen molar-refractivity contribution in [2.45, 2.75) is 107 Å². The van der Waals surface area contributed by atoms with Gasteiger partial charge in [-0.25, -0.2) is 0 Å². The molecule has 0 spiro atoms. The second-order valence-corrected chi connectivity index (χ2v) is 14.3. The highest BCUT2D eigenvalue weighted by molar-refractivity contribution is 5.87. The number of hydrogen-bond donors (Lipinski definition) is 0. The second kappa shape index (κ2) is 11.1. The Labute approximate surface area is 266 Å². The zero-order valence-electron chi connectivity index (χ0n) is 28.3. The summed E-state index contributed by atoms with van der Waals surface area (Å²) >= 11 is 0. The largest absolute Gasteiger partial charge is 0.0795 e. The number of rotatable bonds is 2. The highest BCUT2D eigenvalue weighted by Crippen LogP contribution is 2.45. The molecule has 0 bridgehead atoms. The second-order valence-electron chi connectivity index (χ2n) is 14.3. The van der Waals surface area contributed by atoms with Gasteiger partial charge in [0, 0.05) is 0 Å². The molecule has 0 saturated carbocycles. The van der Waals surface area contributed by atoms with E-state index >= 15 is 0 Å². The monoisotopic (exact) mass is 576 g/mol. The number of allylic oxidation sites excluding steroid dienone is 2. The molecule has 0 heterocycles. The van der Waals surface area contributed by atoms with E-state index in [1.54, 1.807) is 50.1 Å². The fraction of sp³-hybridized carbons (Fsp3) is 0.364. The summed E-state index contributed by atoms with van der Waals surface area (Å²) in [7, 11) is 0. The fourth-order valence-electron chi connectivity index (χ4n) is 8.68. The molecule has 0 unspecified atom stereocenters. The van der Waals surface area contributed by atoms with Crippen molar-refractivity contribution < 1.29 is 0 Å². The maximum Gasteiger partial charge on any atom is -0.00603 e. The van der Waals surface area contributed by atoms with Crippen LogP contribution in [0.5, 0.6) is 0 Å². The lowest BCUT2D eigenvalue weighted by atomic mass is 9.84. The van der Waals surface area contributed by atoms with Gasteiger partial charge in [-0.15, -0.1) is 0 Å². The Bertz CT molecular complexity index is 1920. The third-order valence-corrected chi connectivity index (χ3v) is 11.2. The Kier molecular flexibility index (Phi) is 7.31. The molecular formula is C44H48. The average Bonchev–Trinajstić information content (AvgIpc) is 3.79. The molecule has 224 valence electrons. The standard InChI is InChI=1S/2C22H24/c1-13-11-15(3)21(12-14(13)2)22-19-9-5-7-17(19)16(4)18-8-6-10-20(18)22;1-13-8-18-12-17-6-5-7-19(17)22(21(18)9-13)20-11-15(3)14(2)10-16(20)4/h5,9,11-12H,6-8,10H2,1-4H3;9-12H,5-8H2,1-4H3. The van der Waals surface area contributed by atoms with Gasteiger partial charge in [-0.1, -0.05) is 54.1 Å². The Morgan fingerprint density at radius 3 is 1.73 bits per heavy atom. The molecule has 4 aliphatic rings. The van der Waals surface area contributed by atoms with E-state index in [-0.39, 0.29) is 0 Å². The van der Waals surface area contributed by atoms with Crippen LogP contribution in [0.25, 0.3) is 34.4 Å². The van der Waals surface area contributed by atoms with Gasteiger partial charge in [0.2, 0.25) is 0 Å². The van der Waals surface area contributed by atoms with E-state index in [0.29, 0.717) is 0 Å². The van der Waals surface area contributed by atoms with Crippen molar-refractivity contribution in [1.82, 2.24) is 0 Å². The zero-order chi connectivity index (χ0) is 30.9. The number of fused-ring (bicyclic) bond motifs is 4. The van der Waals surface area contributed by atoms with Crippen LogP contribution in [-0.4, -0.2) is 0 Å². The minimum atomic E-state index is 1.12. The Morgan fingerprint density at radius 2 is 1.05 bits per heavy atom. The van der Waals surface area contributed by atoms with Gasteiger partial charge in [0.05, 0.1) is 0 Å². The third-order valence-electron chi connectivity index (χ3n) is 11.2. The molecule has 4 aromatic rings. The lowest BCUT2D eigenvalue weighted by molar-refractivity contribution is 0.909. The van der Waals surface area contributed by atoms with Crippen LogP contribution < -0.4 is 0 Å². The van der Waals surface area contributed by atoms with Crippen molar-refractivity contribution in [3.05, 3.63) is 125 Å². The number of benzene rings is 4. The van der Waals surface area contributed by atoms with Gasteiger partial charge in [-0.3, -0.25) is 0 Å². The quantitative estimate of drug-likeness (QED) is 0.223. The van der Waals surface area contributed by atoms with E-state index in [0.717, 1.165) is 12.8 Å². The molecule has 44 heavy (non-hydrogen) atoms. The van der Waals surface area contributed by atoms with Gasteiger partial charge in [0.15, 0.2) is 0 Å². The van der Waals surface area contributed by atoms with Gasteiger partial charge in [-0.05, 0) is 212 Å². The van der Waals surface area contributed by atoms with Crippen LogP contribution in [0, 0.1) is 48.5 Å². The number of hydrogen-bond acceptors (Lipinski definition) is 0. The summed E-state index contributed by atoms with van der Waals surface area (Å²) in [6, 6.07) is 12.0. The zero-order valence-corrected chi connectivity index (χ0v) is 28.3. The van der Waals surface area contributed by atoms with Crippen molar-refractivity contribution in [2.75, 3.05) is 0 Å². The maximum absolute atomic E-state index is 2.49. The van der Waals surface area contributed by atoms with Crippen molar-refractivity contribution in [1.29, 1.82) is 0 Å². The first-order valence-electron chi connectivity index (χ1n) is 17.0. The fourth-order valence-corrected chi connectivity index (χ4v) is 8.68. The first kappa shape index (κ1) is 29.1. The Morgan fingerprint density at radius 1 is 0.477 bits per heavy atom. The lowest BCUT2D eigenvalue weighted by Gasteiger charge is -2.20. The molecule has 0 nitrogen and oxygen atoms in total. The maximum atomic E-state index is 2.49. The van der Waals surface area contributed by atoms with Crippen molar-refractivity contribution in [3.8, 4) is 22.3 Å². The van der Waals surface area contributed by atoms with Crippen LogP contribution in [0.15, 0.2) is 42.0 Å². The Hall–Kier alpha value is -3.64. The summed E-state index contributed by atoms with van der Waals surface area (Å²) in [4.78, 5) is 0. The molecule has 0 radical (unpaired) electrons. The summed E-state index contributed by atoms with van der Waals surface area (Å²) in [5, 5.41) is 0. The third kappa shape index (κ3) is 4.73. The van der Waals surface area contributed by atoms with Gasteiger partial charge >= 0.3 is 0 Å². The molecule has 0 aromatic heterocycles. The van der Waals surface area contributed by atoms with Crippen molar-refractivity contribution in [3.63, 3.8) is 0 Å². The van der Waals surface area contributed by atoms with Crippen LogP contribution >= 0.6 is 0 Å². The molecule has 0 heteroatoms. The predicted molar refractivity (Wildman–Crippen MR) is 191 cm³/mol. The van der Waals surface area contributed by atoms with Gasteiger partial charge in [0.25, 0.3) is 0 Å². The molecule has 4 aliphatic carbocycles. The van der Waals surface area contributed by atoms with Crippen molar-refractivity contribution in [2.24, 2.45) is 0 Å². The molecule has 0 saturated heterocycles. The minimum absolute atomic E-state index is 1.12. The van der Waals surface area contributed by atoms with E-state index in [4.69, 9.17) is 0 Å². The van der Waals surface area contributed by atoms with Gasteiger partial charge in [0.1, 0.15) is 0 Å². The van der Waals surface area contributed by atoms with Crippen LogP contribution in [0.3, 0.4) is 0 Å². The molecule has 0 fully saturated rings. The first-order chi connectivity index (χ1) is 21.1. The molecule has 8 rings (SSSR count). The topological polar surface area (TPSA) is 0 Å². The summed E-state index contributed by atoms with van der Waals surface area (Å²) in [5.74, 6) is 0. The molecule has 0 atom stereocenters. The first-order valence-corrected chi connectivity index (χ1v) is 17.0. The minimum Gasteiger partial charge on any atom is -0.0795 e. The molecular weight excluding hydrogens is 528 g/mol. The summed E-state index contributed by atoms with van der Waals surface area (Å²) in [6.45, 7) is 18.1. The van der Waals surface area contributed by atoms with E-state index in [9.17, 15) is 0 Å². The predicted octanol–water partition coefficient (Wildman–Crippen LogP) is 11.4.